The van der Waals surface area contributed by atoms with E-state index < -0.39 is 0 Å². The maximum atomic E-state index is 6.02. The van der Waals surface area contributed by atoms with Crippen LogP contribution in [-0.4, -0.2) is 4.99 Å². The molecule has 0 fully saturated rings. The largest absolute Gasteiger partial charge is 0.297 e. The van der Waals surface area contributed by atoms with Crippen molar-refractivity contribution in [3.05, 3.63) is 27.2 Å². The van der Waals surface area contributed by atoms with Gasteiger partial charge in [0.1, 0.15) is 0 Å². The van der Waals surface area contributed by atoms with E-state index >= 15 is 0 Å². The molecule has 0 bridgehead atoms. The molecule has 94 valence electrons. The fraction of sp³-hybridized carbons (Fsp3) is 0.364. The average Bonchev–Trinajstić information content (AvgIpc) is 2.13. The van der Waals surface area contributed by atoms with Crippen LogP contribution in [0.25, 0.3) is 0 Å². The lowest BCUT2D eigenvalue weighted by atomic mass is 9.97. The first-order valence-corrected chi connectivity index (χ1v) is 6.47. The van der Waals surface area contributed by atoms with E-state index in [1.165, 1.54) is 0 Å². The van der Waals surface area contributed by atoms with Crippen molar-refractivity contribution >= 4 is 57.7 Å². The molecule has 6 heteroatoms. The molecule has 0 spiro atoms. The highest BCUT2D eigenvalue weighted by Gasteiger charge is 2.17. The van der Waals surface area contributed by atoms with Crippen molar-refractivity contribution in [3.8, 4) is 0 Å². The molecule has 2 N–H and O–H groups in total. The molecule has 2 nitrogen and oxygen atoms in total. The average molecular weight is 312 g/mol. The van der Waals surface area contributed by atoms with Crippen LogP contribution in [0.3, 0.4) is 0 Å². The number of hydrazine groups is 1. The van der Waals surface area contributed by atoms with Crippen molar-refractivity contribution < 1.29 is 0 Å². The Bertz CT molecular complexity index is 418. The molecule has 0 unspecified atom stereocenters. The Morgan fingerprint density at radius 3 is 2.00 bits per heavy atom. The van der Waals surface area contributed by atoms with Crippen LogP contribution in [0.4, 0.5) is 5.69 Å². The van der Waals surface area contributed by atoms with E-state index in [1.807, 2.05) is 20.8 Å². The van der Waals surface area contributed by atoms with E-state index in [4.69, 9.17) is 47.0 Å². The molecule has 0 amide bonds. The number of thiocarbonyl (C=S) groups is 1. The Kier molecular flexibility index (Phi) is 4.90. The predicted molar refractivity (Wildman–Crippen MR) is 80.3 cm³/mol. The van der Waals surface area contributed by atoms with Crippen molar-refractivity contribution in [1.29, 1.82) is 0 Å². The third-order valence-electron chi connectivity index (χ3n) is 1.99. The lowest BCUT2D eigenvalue weighted by molar-refractivity contribution is 0.583. The summed E-state index contributed by atoms with van der Waals surface area (Å²) >= 11 is 23.1. The van der Waals surface area contributed by atoms with Gasteiger partial charge in [-0.25, -0.2) is 0 Å². The minimum Gasteiger partial charge on any atom is -0.297 e. The summed E-state index contributed by atoms with van der Waals surface area (Å²) in [5.41, 5.74) is 6.24. The van der Waals surface area contributed by atoms with Gasteiger partial charge in [0.25, 0.3) is 0 Å². The third kappa shape index (κ3) is 4.18. The molecule has 0 aliphatic carbocycles. The standard InChI is InChI=1S/C11H13Cl3N2S/c1-11(2,3)10(17)16-15-9-7(13)4-6(12)5-8(9)14/h4-5,15H,1-3H3,(H,16,17). The van der Waals surface area contributed by atoms with Crippen LogP contribution in [0.1, 0.15) is 20.8 Å². The summed E-state index contributed by atoms with van der Waals surface area (Å²) in [6.07, 6.45) is 0. The lowest BCUT2D eigenvalue weighted by Crippen LogP contribution is -2.37. The van der Waals surface area contributed by atoms with E-state index in [0.717, 1.165) is 0 Å². The van der Waals surface area contributed by atoms with Gasteiger partial charge in [-0.1, -0.05) is 67.8 Å². The summed E-state index contributed by atoms with van der Waals surface area (Å²) in [6.45, 7) is 6.03. The van der Waals surface area contributed by atoms with Crippen LogP contribution >= 0.6 is 47.0 Å². The molecule has 1 rings (SSSR count). The van der Waals surface area contributed by atoms with Gasteiger partial charge in [0.2, 0.25) is 0 Å². The van der Waals surface area contributed by atoms with Crippen molar-refractivity contribution in [1.82, 2.24) is 5.43 Å². The Morgan fingerprint density at radius 1 is 1.12 bits per heavy atom. The summed E-state index contributed by atoms with van der Waals surface area (Å²) in [7, 11) is 0. The zero-order chi connectivity index (χ0) is 13.2. The van der Waals surface area contributed by atoms with Crippen LogP contribution in [-0.2, 0) is 0 Å². The van der Waals surface area contributed by atoms with Crippen molar-refractivity contribution in [3.63, 3.8) is 0 Å². The Hall–Kier alpha value is -0.220. The number of rotatable bonds is 2. The summed E-state index contributed by atoms with van der Waals surface area (Å²) in [6, 6.07) is 3.22. The molecular formula is C11H13Cl3N2S. The number of hydrogen-bond donors (Lipinski definition) is 2. The first-order chi connectivity index (χ1) is 7.71. The van der Waals surface area contributed by atoms with Crippen LogP contribution in [0.2, 0.25) is 15.1 Å². The number of nitrogens with one attached hydrogen (secondary N) is 2. The van der Waals surface area contributed by atoms with Crippen molar-refractivity contribution in [2.75, 3.05) is 5.43 Å². The molecule has 0 aliphatic rings. The van der Waals surface area contributed by atoms with Crippen LogP contribution in [0.5, 0.6) is 0 Å². The van der Waals surface area contributed by atoms with Gasteiger partial charge >= 0.3 is 0 Å². The molecule has 1 aromatic carbocycles. The zero-order valence-electron chi connectivity index (χ0n) is 9.70. The van der Waals surface area contributed by atoms with Crippen LogP contribution < -0.4 is 10.9 Å². The fourth-order valence-electron chi connectivity index (χ4n) is 0.968. The van der Waals surface area contributed by atoms with E-state index in [0.29, 0.717) is 25.7 Å². The number of benzene rings is 1. The maximum Gasteiger partial charge on any atom is 0.0993 e. The highest BCUT2D eigenvalue weighted by molar-refractivity contribution is 7.80. The quantitative estimate of drug-likeness (QED) is 0.598. The summed E-state index contributed by atoms with van der Waals surface area (Å²) in [5.74, 6) is 0. The Labute approximate surface area is 122 Å². The van der Waals surface area contributed by atoms with Crippen LogP contribution in [0.15, 0.2) is 12.1 Å². The number of halogens is 3. The van der Waals surface area contributed by atoms with Crippen molar-refractivity contribution in [2.45, 2.75) is 20.8 Å². The van der Waals surface area contributed by atoms with Gasteiger partial charge in [-0.2, -0.15) is 0 Å². The zero-order valence-corrected chi connectivity index (χ0v) is 12.8. The normalized spacial score (nSPS) is 11.2. The molecule has 0 heterocycles. The SMILES string of the molecule is CC(C)(C)C(=S)NNc1c(Cl)cc(Cl)cc1Cl. The predicted octanol–water partition coefficient (Wildman–Crippen LogP) is 4.94. The van der Waals surface area contributed by atoms with Gasteiger partial charge in [0.15, 0.2) is 0 Å². The highest BCUT2D eigenvalue weighted by atomic mass is 35.5. The van der Waals surface area contributed by atoms with Gasteiger partial charge in [-0.05, 0) is 12.1 Å². The monoisotopic (exact) mass is 310 g/mol. The van der Waals surface area contributed by atoms with E-state index in [2.05, 4.69) is 10.9 Å². The van der Waals surface area contributed by atoms with Crippen LogP contribution in [0, 0.1) is 5.41 Å². The molecule has 17 heavy (non-hydrogen) atoms. The topological polar surface area (TPSA) is 24.1 Å². The minimum atomic E-state index is -0.131. The highest BCUT2D eigenvalue weighted by Crippen LogP contribution is 2.33. The summed E-state index contributed by atoms with van der Waals surface area (Å²) in [5, 5.41) is 1.36. The molecule has 0 atom stereocenters. The van der Waals surface area contributed by atoms with Gasteiger partial charge in [0, 0.05) is 10.4 Å². The second-order valence-electron chi connectivity index (χ2n) is 4.57. The van der Waals surface area contributed by atoms with Gasteiger partial charge < -0.3 is 0 Å². The minimum absolute atomic E-state index is 0.131. The molecule has 0 saturated heterocycles. The molecule has 0 radical (unpaired) electrons. The van der Waals surface area contributed by atoms with E-state index in [9.17, 15) is 0 Å². The third-order valence-corrected chi connectivity index (χ3v) is 3.52. The summed E-state index contributed by atoms with van der Waals surface area (Å²) < 4.78 is 0. The maximum absolute atomic E-state index is 6.02. The molecule has 1 aromatic rings. The number of anilines is 1. The Balaban J connectivity index is 2.80. The molecular weight excluding hydrogens is 299 g/mol. The molecule has 0 aromatic heterocycles. The smallest absolute Gasteiger partial charge is 0.0993 e. The van der Waals surface area contributed by atoms with Crippen molar-refractivity contribution in [2.24, 2.45) is 5.41 Å². The van der Waals surface area contributed by atoms with E-state index in [-0.39, 0.29) is 5.41 Å². The van der Waals surface area contributed by atoms with Gasteiger partial charge in [-0.3, -0.25) is 10.9 Å². The first kappa shape index (κ1) is 14.8. The van der Waals surface area contributed by atoms with E-state index in [1.54, 1.807) is 12.1 Å². The first-order valence-electron chi connectivity index (χ1n) is 4.93. The molecule has 0 aliphatic heterocycles. The van der Waals surface area contributed by atoms with Gasteiger partial charge in [0.05, 0.1) is 20.7 Å². The van der Waals surface area contributed by atoms with Gasteiger partial charge in [-0.15, -0.1) is 0 Å². The second-order valence-corrected chi connectivity index (χ2v) is 6.23. The summed E-state index contributed by atoms with van der Waals surface area (Å²) in [4.78, 5) is 0.666. The molecule has 0 saturated carbocycles. The fourth-order valence-corrected chi connectivity index (χ4v) is 1.93. The lowest BCUT2D eigenvalue weighted by Gasteiger charge is -2.22. The Morgan fingerprint density at radius 2 is 1.59 bits per heavy atom. The number of hydrogen-bond acceptors (Lipinski definition) is 2. The second kappa shape index (κ2) is 5.61.